The molecule has 5 rings (SSSR count). The average Bonchev–Trinajstić information content (AvgIpc) is 3.16. The third kappa shape index (κ3) is 3.75. The van der Waals surface area contributed by atoms with E-state index in [4.69, 9.17) is 15.2 Å². The van der Waals surface area contributed by atoms with Crippen molar-refractivity contribution in [2.24, 2.45) is 0 Å². The number of nitrogens with zero attached hydrogens (tertiary/aromatic N) is 2. The van der Waals surface area contributed by atoms with Gasteiger partial charge >= 0.3 is 11.6 Å². The normalized spacial score (nSPS) is 22.5. The van der Waals surface area contributed by atoms with Gasteiger partial charge in [-0.1, -0.05) is 72.8 Å². The number of halogens is 2. The number of ether oxygens (including phenoxy) is 2. The zero-order valence-corrected chi connectivity index (χ0v) is 20.9. The molecule has 1 aliphatic heterocycles. The number of alkyl halides is 2. The molecule has 1 aliphatic rings. The molecule has 1 saturated heterocycles. The SMILES string of the molecule is COc1ccc(C(c2ccccc2)(c2ccccc2)[C@@]2(n3ccc(N)nc3=O)O[C@H](CO)[C@@H](O)C2(F)F)cc1. The zero-order chi connectivity index (χ0) is 27.8. The lowest BCUT2D eigenvalue weighted by Gasteiger charge is -2.51. The highest BCUT2D eigenvalue weighted by Gasteiger charge is 2.78. The minimum atomic E-state index is -4.16. The Bertz CT molecular complexity index is 1460. The minimum absolute atomic E-state index is 0.179. The smallest absolute Gasteiger partial charge is 0.352 e. The van der Waals surface area contributed by atoms with Gasteiger partial charge in [0.15, 0.2) is 6.10 Å². The van der Waals surface area contributed by atoms with Gasteiger partial charge in [0.1, 0.15) is 17.7 Å². The van der Waals surface area contributed by atoms with Crippen LogP contribution in [0.2, 0.25) is 0 Å². The van der Waals surface area contributed by atoms with Crippen molar-refractivity contribution in [3.63, 3.8) is 0 Å². The maximum absolute atomic E-state index is 17.0. The second-order valence-electron chi connectivity index (χ2n) is 9.27. The quantitative estimate of drug-likeness (QED) is 0.311. The molecule has 8 nitrogen and oxygen atoms in total. The molecule has 0 saturated carbocycles. The average molecular weight is 536 g/mol. The summed E-state index contributed by atoms with van der Waals surface area (Å²) >= 11 is 0. The molecule has 2 heterocycles. The monoisotopic (exact) mass is 535 g/mol. The number of methoxy groups -OCH3 is 1. The van der Waals surface area contributed by atoms with Crippen LogP contribution in [-0.2, 0) is 15.9 Å². The number of hydrogen-bond acceptors (Lipinski definition) is 7. The summed E-state index contributed by atoms with van der Waals surface area (Å²) in [5.41, 5.74) is 0.616. The van der Waals surface area contributed by atoms with Crippen LogP contribution in [0.3, 0.4) is 0 Å². The fourth-order valence-corrected chi connectivity index (χ4v) is 5.63. The first-order valence-corrected chi connectivity index (χ1v) is 12.2. The van der Waals surface area contributed by atoms with Crippen LogP contribution in [0.1, 0.15) is 16.7 Å². The van der Waals surface area contributed by atoms with Gasteiger partial charge in [-0.05, 0) is 34.9 Å². The summed E-state index contributed by atoms with van der Waals surface area (Å²) in [7, 11) is 1.48. The first-order valence-electron chi connectivity index (χ1n) is 12.2. The van der Waals surface area contributed by atoms with Crippen LogP contribution in [0.15, 0.2) is 102 Å². The molecule has 1 fully saturated rings. The molecular formula is C29H27F2N3O5. The predicted octanol–water partition coefficient (Wildman–Crippen LogP) is 2.91. The van der Waals surface area contributed by atoms with Gasteiger partial charge in [0.25, 0.3) is 0 Å². The van der Waals surface area contributed by atoms with E-state index in [1.807, 2.05) is 0 Å². The molecule has 0 bridgehead atoms. The lowest BCUT2D eigenvalue weighted by atomic mass is 9.60. The lowest BCUT2D eigenvalue weighted by molar-refractivity contribution is -0.245. The Labute approximate surface area is 222 Å². The molecule has 0 aliphatic carbocycles. The van der Waals surface area contributed by atoms with Gasteiger partial charge in [-0.3, -0.25) is 4.57 Å². The topological polar surface area (TPSA) is 120 Å². The maximum atomic E-state index is 17.0. The molecule has 0 spiro atoms. The van der Waals surface area contributed by atoms with E-state index in [9.17, 15) is 15.0 Å². The van der Waals surface area contributed by atoms with E-state index < -0.39 is 41.6 Å². The number of hydrogen-bond donors (Lipinski definition) is 3. The number of aliphatic hydroxyl groups is 2. The molecule has 0 radical (unpaired) electrons. The van der Waals surface area contributed by atoms with Gasteiger partial charge in [-0.2, -0.15) is 13.8 Å². The number of rotatable bonds is 7. The van der Waals surface area contributed by atoms with Crippen molar-refractivity contribution in [2.75, 3.05) is 19.5 Å². The fourth-order valence-electron chi connectivity index (χ4n) is 5.63. The minimum Gasteiger partial charge on any atom is -0.497 e. The third-order valence-corrected chi connectivity index (χ3v) is 7.29. The van der Waals surface area contributed by atoms with Crippen molar-refractivity contribution in [3.05, 3.63) is 124 Å². The molecule has 3 aromatic carbocycles. The summed E-state index contributed by atoms with van der Waals surface area (Å²) in [6, 6.07) is 24.4. The van der Waals surface area contributed by atoms with Gasteiger partial charge in [-0.15, -0.1) is 0 Å². The van der Waals surface area contributed by atoms with Gasteiger partial charge in [0, 0.05) is 6.20 Å². The molecule has 0 amide bonds. The Hall–Kier alpha value is -4.12. The molecule has 39 heavy (non-hydrogen) atoms. The number of nitrogen functional groups attached to an aromatic ring is 1. The van der Waals surface area contributed by atoms with Crippen LogP contribution >= 0.6 is 0 Å². The first-order chi connectivity index (χ1) is 18.7. The second kappa shape index (κ2) is 9.88. The zero-order valence-electron chi connectivity index (χ0n) is 20.9. The maximum Gasteiger partial charge on any atom is 0.352 e. The molecule has 10 heteroatoms. The first kappa shape index (κ1) is 26.5. The summed E-state index contributed by atoms with van der Waals surface area (Å²) in [5, 5.41) is 21.0. The molecule has 3 atom stereocenters. The van der Waals surface area contributed by atoms with Gasteiger partial charge in [0.05, 0.1) is 19.1 Å². The van der Waals surface area contributed by atoms with E-state index in [2.05, 4.69) is 4.98 Å². The van der Waals surface area contributed by atoms with E-state index in [1.54, 1.807) is 84.9 Å². The summed E-state index contributed by atoms with van der Waals surface area (Å²) in [6.45, 7) is -0.933. The number of benzene rings is 3. The highest BCUT2D eigenvalue weighted by Crippen LogP contribution is 2.62. The summed E-state index contributed by atoms with van der Waals surface area (Å²) < 4.78 is 46.2. The van der Waals surface area contributed by atoms with Crippen molar-refractivity contribution in [1.29, 1.82) is 0 Å². The summed E-state index contributed by atoms with van der Waals surface area (Å²) in [6.07, 6.45) is -3.14. The van der Waals surface area contributed by atoms with E-state index in [1.165, 1.54) is 13.2 Å². The highest BCUT2D eigenvalue weighted by atomic mass is 19.3. The van der Waals surface area contributed by atoms with Crippen LogP contribution < -0.4 is 16.2 Å². The van der Waals surface area contributed by atoms with Crippen molar-refractivity contribution < 1.29 is 28.5 Å². The Kier molecular flexibility index (Phi) is 6.71. The van der Waals surface area contributed by atoms with Gasteiger partial charge in [0.2, 0.25) is 5.72 Å². The van der Waals surface area contributed by atoms with Crippen LogP contribution in [0.4, 0.5) is 14.6 Å². The Morgan fingerprint density at radius 2 is 1.51 bits per heavy atom. The van der Waals surface area contributed by atoms with Crippen LogP contribution in [-0.4, -0.2) is 51.6 Å². The van der Waals surface area contributed by atoms with E-state index >= 15 is 8.78 Å². The second-order valence-corrected chi connectivity index (χ2v) is 9.27. The summed E-state index contributed by atoms with van der Waals surface area (Å²) in [5.74, 6) is -3.86. The van der Waals surface area contributed by atoms with Crippen molar-refractivity contribution >= 4 is 5.82 Å². The van der Waals surface area contributed by atoms with Gasteiger partial charge < -0.3 is 25.4 Å². The van der Waals surface area contributed by atoms with Crippen LogP contribution in [0, 0.1) is 0 Å². The Balaban J connectivity index is 2.05. The van der Waals surface area contributed by atoms with Crippen molar-refractivity contribution in [3.8, 4) is 5.75 Å². The molecular weight excluding hydrogens is 508 g/mol. The highest BCUT2D eigenvalue weighted by molar-refractivity contribution is 5.56. The van der Waals surface area contributed by atoms with E-state index in [0.717, 1.165) is 6.20 Å². The van der Waals surface area contributed by atoms with E-state index in [-0.39, 0.29) is 5.82 Å². The Morgan fingerprint density at radius 3 is 1.97 bits per heavy atom. The van der Waals surface area contributed by atoms with Crippen molar-refractivity contribution in [2.45, 2.75) is 29.3 Å². The predicted molar refractivity (Wildman–Crippen MR) is 140 cm³/mol. The largest absolute Gasteiger partial charge is 0.497 e. The fraction of sp³-hybridized carbons (Fsp3) is 0.241. The number of anilines is 1. The molecule has 4 N–H and O–H groups in total. The number of aromatic nitrogens is 2. The number of nitrogens with two attached hydrogens (primary N) is 1. The van der Waals surface area contributed by atoms with Crippen LogP contribution in [0.25, 0.3) is 0 Å². The molecule has 0 unspecified atom stereocenters. The molecule has 202 valence electrons. The van der Waals surface area contributed by atoms with E-state index in [0.29, 0.717) is 27.0 Å². The van der Waals surface area contributed by atoms with Crippen LogP contribution in [0.5, 0.6) is 5.75 Å². The molecule has 1 aromatic heterocycles. The number of aliphatic hydroxyl groups excluding tert-OH is 2. The Morgan fingerprint density at radius 1 is 0.974 bits per heavy atom. The van der Waals surface area contributed by atoms with Crippen molar-refractivity contribution in [1.82, 2.24) is 9.55 Å². The lowest BCUT2D eigenvalue weighted by Crippen LogP contribution is -2.67. The summed E-state index contributed by atoms with van der Waals surface area (Å²) in [4.78, 5) is 17.2. The molecule has 4 aromatic rings. The van der Waals surface area contributed by atoms with Gasteiger partial charge in [-0.25, -0.2) is 4.79 Å². The third-order valence-electron chi connectivity index (χ3n) is 7.29. The standard InChI is InChI=1S/C29H27F2N3O5/c1-38-22-14-12-21(13-15-22)27(19-8-4-2-5-9-19,20-10-6-3-7-11-20)29(34-17-16-24(32)33-26(34)37)28(30,31)25(36)23(18-35)39-29/h2-17,23,25,35-36H,18H2,1H3,(H2,32,33,37)/t23-,25-,29-/m1/s1.